The predicted octanol–water partition coefficient (Wildman–Crippen LogP) is 13.6. The summed E-state index contributed by atoms with van der Waals surface area (Å²) in [5.41, 5.74) is 12.7. The van der Waals surface area contributed by atoms with Crippen molar-refractivity contribution in [1.29, 1.82) is 0 Å². The highest BCUT2D eigenvalue weighted by molar-refractivity contribution is 6.29. The molecule has 2 heteroatoms. The summed E-state index contributed by atoms with van der Waals surface area (Å²) >= 11 is 0. The van der Waals surface area contributed by atoms with E-state index in [-0.39, 0.29) is 5.41 Å². The van der Waals surface area contributed by atoms with Gasteiger partial charge in [0.15, 0.2) is 0 Å². The van der Waals surface area contributed by atoms with Crippen LogP contribution in [0.5, 0.6) is 0 Å². The molecule has 0 N–H and O–H groups in total. The average Bonchev–Trinajstić information content (AvgIpc) is 3.81. The lowest BCUT2D eigenvalue weighted by Crippen LogP contribution is -2.15. The molecule has 0 fully saturated rings. The van der Waals surface area contributed by atoms with Crippen molar-refractivity contribution in [2.24, 2.45) is 0 Å². The van der Waals surface area contributed by atoms with Crippen LogP contribution >= 0.6 is 0 Å². The van der Waals surface area contributed by atoms with Crippen LogP contribution in [0.1, 0.15) is 25.0 Å². The molecule has 12 rings (SSSR count). The molecule has 0 radical (unpaired) electrons. The van der Waals surface area contributed by atoms with Gasteiger partial charge in [-0.25, -0.2) is 0 Å². The molecule has 53 heavy (non-hydrogen) atoms. The Labute approximate surface area is 306 Å². The van der Waals surface area contributed by atoms with Gasteiger partial charge in [0.25, 0.3) is 0 Å². The van der Waals surface area contributed by atoms with Gasteiger partial charge in [-0.05, 0) is 103 Å². The zero-order valence-corrected chi connectivity index (χ0v) is 29.6. The zero-order chi connectivity index (χ0) is 35.0. The highest BCUT2D eigenvalue weighted by Gasteiger charge is 2.35. The van der Waals surface area contributed by atoms with E-state index < -0.39 is 0 Å². The minimum absolute atomic E-state index is 0.0706. The normalized spacial score (nSPS) is 13.6. The molecular weight excluding hydrogens is 641 g/mol. The van der Waals surface area contributed by atoms with E-state index in [2.05, 4.69) is 193 Å². The van der Waals surface area contributed by atoms with E-state index in [1.807, 2.05) is 0 Å². The van der Waals surface area contributed by atoms with Gasteiger partial charge in [-0.2, -0.15) is 0 Å². The molecule has 9 aromatic carbocycles. The van der Waals surface area contributed by atoms with Crippen molar-refractivity contribution < 1.29 is 0 Å². The maximum Gasteiger partial charge on any atom is 0.0548 e. The third-order valence-electron chi connectivity index (χ3n) is 12.3. The van der Waals surface area contributed by atoms with E-state index in [0.717, 1.165) is 0 Å². The van der Waals surface area contributed by atoms with E-state index in [9.17, 15) is 0 Å². The van der Waals surface area contributed by atoms with E-state index >= 15 is 0 Å². The Morgan fingerprint density at radius 3 is 1.36 bits per heavy atom. The Hall–Kier alpha value is -6.64. The summed E-state index contributed by atoms with van der Waals surface area (Å²) in [7, 11) is 0. The monoisotopic (exact) mass is 674 g/mol. The van der Waals surface area contributed by atoms with Gasteiger partial charge in [-0.1, -0.05) is 135 Å². The number of nitrogens with zero attached hydrogens (tertiary/aromatic N) is 2. The van der Waals surface area contributed by atoms with Gasteiger partial charge in [-0.3, -0.25) is 0 Å². The van der Waals surface area contributed by atoms with Crippen LogP contribution in [0.4, 0.5) is 0 Å². The summed E-state index contributed by atoms with van der Waals surface area (Å²) in [6, 6.07) is 63.3. The van der Waals surface area contributed by atoms with Crippen molar-refractivity contribution in [1.82, 2.24) is 9.13 Å². The molecule has 0 atom stereocenters. The zero-order valence-electron chi connectivity index (χ0n) is 29.6. The maximum absolute atomic E-state index is 2.49. The second-order valence-electron chi connectivity index (χ2n) is 15.3. The molecule has 0 bridgehead atoms. The molecule has 0 aliphatic heterocycles. The lowest BCUT2D eigenvalue weighted by molar-refractivity contribution is 0.660. The molecule has 1 aliphatic rings. The quantitative estimate of drug-likeness (QED) is 0.162. The van der Waals surface area contributed by atoms with Crippen molar-refractivity contribution in [3.63, 3.8) is 0 Å². The highest BCUT2D eigenvalue weighted by Crippen LogP contribution is 2.50. The lowest BCUT2D eigenvalue weighted by Gasteiger charge is -2.22. The number of hydrogen-bond donors (Lipinski definition) is 0. The predicted molar refractivity (Wildman–Crippen MR) is 225 cm³/mol. The first-order chi connectivity index (χ1) is 26.1. The molecule has 1 aliphatic carbocycles. The van der Waals surface area contributed by atoms with Crippen LogP contribution in [0.2, 0.25) is 0 Å². The first-order valence-electron chi connectivity index (χ1n) is 18.6. The van der Waals surface area contributed by atoms with Crippen LogP contribution in [-0.2, 0) is 5.41 Å². The smallest absolute Gasteiger partial charge is 0.0548 e. The molecule has 11 aromatic rings. The molecule has 2 heterocycles. The van der Waals surface area contributed by atoms with Gasteiger partial charge in [0.2, 0.25) is 0 Å². The Kier molecular flexibility index (Phi) is 5.60. The van der Waals surface area contributed by atoms with E-state index in [0.29, 0.717) is 0 Å². The lowest BCUT2D eigenvalue weighted by atomic mass is 9.82. The second kappa shape index (κ2) is 10.2. The summed E-state index contributed by atoms with van der Waals surface area (Å²) in [6.45, 7) is 4.73. The van der Waals surface area contributed by atoms with Gasteiger partial charge in [0.05, 0.1) is 22.1 Å². The third-order valence-corrected chi connectivity index (χ3v) is 12.3. The molecule has 248 valence electrons. The molecule has 2 nitrogen and oxygen atoms in total. The molecule has 2 aromatic heterocycles. The van der Waals surface area contributed by atoms with Crippen LogP contribution in [0.3, 0.4) is 0 Å². The summed E-state index contributed by atoms with van der Waals surface area (Å²) in [5, 5.41) is 12.9. The number of aromatic nitrogens is 2. The fraction of sp³-hybridized carbons (Fsp3) is 0.0588. The molecular formula is C51H34N2. The van der Waals surface area contributed by atoms with Gasteiger partial charge >= 0.3 is 0 Å². The Morgan fingerprint density at radius 2 is 0.755 bits per heavy atom. The second-order valence-corrected chi connectivity index (χ2v) is 15.3. The summed E-state index contributed by atoms with van der Waals surface area (Å²) in [6.07, 6.45) is 0. The fourth-order valence-corrected chi connectivity index (χ4v) is 9.94. The SMILES string of the molecule is CC1(C)c2ccccc2-c2ccc(-n3c4ccccc4c4c5c6ccccc6n(-c6ccc7c8ccccc8c8ccccc8c7c6)c5ccc43)cc21. The topological polar surface area (TPSA) is 9.86 Å². The third kappa shape index (κ3) is 3.72. The Balaban J connectivity index is 1.15. The minimum atomic E-state index is -0.0706. The van der Waals surface area contributed by atoms with Gasteiger partial charge in [0.1, 0.15) is 0 Å². The van der Waals surface area contributed by atoms with Crippen molar-refractivity contribution in [3.8, 4) is 22.5 Å². The highest BCUT2D eigenvalue weighted by atomic mass is 15.0. The van der Waals surface area contributed by atoms with Crippen LogP contribution in [0, 0.1) is 0 Å². The number of fused-ring (bicyclic) bond motifs is 16. The van der Waals surface area contributed by atoms with Crippen LogP contribution in [-0.4, -0.2) is 9.13 Å². The summed E-state index contributed by atoms with van der Waals surface area (Å²) in [5.74, 6) is 0. The summed E-state index contributed by atoms with van der Waals surface area (Å²) < 4.78 is 4.97. The van der Waals surface area contributed by atoms with Crippen molar-refractivity contribution in [2.45, 2.75) is 19.3 Å². The van der Waals surface area contributed by atoms with Crippen LogP contribution in [0.15, 0.2) is 170 Å². The average molecular weight is 675 g/mol. The maximum atomic E-state index is 2.49. The number of benzene rings is 9. The van der Waals surface area contributed by atoms with Gasteiger partial charge in [0, 0.05) is 38.3 Å². The molecule has 0 spiro atoms. The van der Waals surface area contributed by atoms with Gasteiger partial charge in [-0.15, -0.1) is 0 Å². The molecule has 0 saturated heterocycles. The minimum Gasteiger partial charge on any atom is -0.309 e. The first kappa shape index (κ1) is 29.0. The first-order valence-corrected chi connectivity index (χ1v) is 18.6. The number of hydrogen-bond acceptors (Lipinski definition) is 0. The van der Waals surface area contributed by atoms with E-state index in [1.54, 1.807) is 0 Å². The van der Waals surface area contributed by atoms with Crippen LogP contribution in [0.25, 0.3) is 98.4 Å². The Morgan fingerprint density at radius 1 is 0.321 bits per heavy atom. The van der Waals surface area contributed by atoms with Crippen molar-refractivity contribution in [2.75, 3.05) is 0 Å². The largest absolute Gasteiger partial charge is 0.309 e. The number of rotatable bonds is 2. The molecule has 0 unspecified atom stereocenters. The van der Waals surface area contributed by atoms with Crippen LogP contribution < -0.4 is 0 Å². The number of para-hydroxylation sites is 2. The Bertz CT molecular complexity index is 3330. The fourth-order valence-electron chi connectivity index (χ4n) is 9.94. The van der Waals surface area contributed by atoms with E-state index in [1.165, 1.54) is 110 Å². The molecule has 0 amide bonds. The van der Waals surface area contributed by atoms with Crippen molar-refractivity contribution >= 4 is 75.9 Å². The van der Waals surface area contributed by atoms with Gasteiger partial charge < -0.3 is 9.13 Å². The van der Waals surface area contributed by atoms with Crippen molar-refractivity contribution in [3.05, 3.63) is 181 Å². The molecule has 0 saturated carbocycles. The van der Waals surface area contributed by atoms with E-state index in [4.69, 9.17) is 0 Å². The summed E-state index contributed by atoms with van der Waals surface area (Å²) in [4.78, 5) is 0. The standard InChI is InChI=1S/C51H34N2/c1-51(2)43-20-10-7-17-38(43)39-26-24-32(30-44(39)51)53-46-22-12-9-19-41(46)50-48(53)28-27-47-49(50)40-18-8-11-21-45(40)52(47)31-23-25-37-35-15-4-3-13-33(35)34-14-5-6-16-36(34)42(37)29-31/h3-30H,1-2H3.